The van der Waals surface area contributed by atoms with Crippen molar-refractivity contribution in [2.24, 2.45) is 4.99 Å². The molecular weight excluding hydrogens is 347 g/mol. The third kappa shape index (κ3) is 6.21. The molecule has 1 heterocycles. The number of rotatable bonds is 4. The summed E-state index contributed by atoms with van der Waals surface area (Å²) in [5.74, 6) is 0.822. The number of aliphatic imine (C=N–C) groups is 1. The fourth-order valence-electron chi connectivity index (χ4n) is 1.22. The van der Waals surface area contributed by atoms with Crippen LogP contribution in [-0.2, 0) is 13.0 Å². The van der Waals surface area contributed by atoms with Crippen LogP contribution in [-0.4, -0.2) is 24.0 Å². The van der Waals surface area contributed by atoms with Gasteiger partial charge in [0.15, 0.2) is 5.96 Å². The smallest absolute Gasteiger partial charge is 0.191 e. The molecule has 0 aromatic carbocycles. The number of halogens is 1. The predicted octanol–water partition coefficient (Wildman–Crippen LogP) is 2.40. The molecule has 6 heteroatoms. The maximum absolute atomic E-state index is 4.35. The lowest BCUT2D eigenvalue weighted by Gasteiger charge is -2.13. The Morgan fingerprint density at radius 2 is 2.24 bits per heavy atom. The van der Waals surface area contributed by atoms with Crippen molar-refractivity contribution in [2.45, 2.75) is 39.8 Å². The molecule has 2 N–H and O–H groups in total. The van der Waals surface area contributed by atoms with E-state index in [1.54, 1.807) is 18.4 Å². The molecule has 0 aliphatic heterocycles. The maximum Gasteiger partial charge on any atom is 0.191 e. The van der Waals surface area contributed by atoms with Gasteiger partial charge in [-0.25, -0.2) is 4.98 Å². The highest BCUT2D eigenvalue weighted by Gasteiger charge is 2.03. The van der Waals surface area contributed by atoms with Gasteiger partial charge in [0.1, 0.15) is 5.01 Å². The van der Waals surface area contributed by atoms with E-state index < -0.39 is 0 Å². The SMILES string of the molecule is CCc1cnc(CNC(=NC)NC(C)C)s1.I. The van der Waals surface area contributed by atoms with E-state index >= 15 is 0 Å². The van der Waals surface area contributed by atoms with E-state index in [2.05, 4.69) is 41.4 Å². The summed E-state index contributed by atoms with van der Waals surface area (Å²) in [5.41, 5.74) is 0. The van der Waals surface area contributed by atoms with Crippen molar-refractivity contribution in [2.75, 3.05) is 7.05 Å². The minimum absolute atomic E-state index is 0. The third-order valence-electron chi connectivity index (χ3n) is 2.01. The van der Waals surface area contributed by atoms with Crippen molar-refractivity contribution < 1.29 is 0 Å². The molecule has 0 aliphatic carbocycles. The van der Waals surface area contributed by atoms with Gasteiger partial charge in [-0.3, -0.25) is 4.99 Å². The lowest BCUT2D eigenvalue weighted by atomic mass is 10.4. The van der Waals surface area contributed by atoms with E-state index in [-0.39, 0.29) is 24.0 Å². The first kappa shape index (κ1) is 16.6. The Morgan fingerprint density at radius 3 is 2.71 bits per heavy atom. The standard InChI is InChI=1S/C11H20N4S.HI/c1-5-9-6-13-10(16-9)7-14-11(12-4)15-8(2)3;/h6,8H,5,7H2,1-4H3,(H2,12,14,15);1H. The second kappa shape index (κ2) is 8.68. The molecule has 4 nitrogen and oxygen atoms in total. The lowest BCUT2D eigenvalue weighted by Crippen LogP contribution is -2.40. The monoisotopic (exact) mass is 368 g/mol. The van der Waals surface area contributed by atoms with Crippen molar-refractivity contribution in [1.82, 2.24) is 15.6 Å². The maximum atomic E-state index is 4.35. The zero-order valence-corrected chi connectivity index (χ0v) is 13.9. The fraction of sp³-hybridized carbons (Fsp3) is 0.636. The molecule has 0 atom stereocenters. The summed E-state index contributed by atoms with van der Waals surface area (Å²) in [4.78, 5) is 9.81. The summed E-state index contributed by atoms with van der Waals surface area (Å²) in [6, 6.07) is 0.383. The van der Waals surface area contributed by atoms with E-state index in [1.807, 2.05) is 6.20 Å². The molecule has 1 aromatic heterocycles. The minimum Gasteiger partial charge on any atom is -0.354 e. The van der Waals surface area contributed by atoms with Gasteiger partial charge in [-0.05, 0) is 20.3 Å². The molecular formula is C11H21IN4S. The van der Waals surface area contributed by atoms with Crippen LogP contribution < -0.4 is 10.6 Å². The molecule has 0 radical (unpaired) electrons. The van der Waals surface area contributed by atoms with Gasteiger partial charge < -0.3 is 10.6 Å². The van der Waals surface area contributed by atoms with Gasteiger partial charge in [0, 0.05) is 24.2 Å². The van der Waals surface area contributed by atoms with Crippen LogP contribution in [0.3, 0.4) is 0 Å². The number of hydrogen-bond donors (Lipinski definition) is 2. The highest BCUT2D eigenvalue weighted by molar-refractivity contribution is 14.0. The molecule has 1 rings (SSSR count). The van der Waals surface area contributed by atoms with Crippen molar-refractivity contribution >= 4 is 41.3 Å². The number of nitrogens with zero attached hydrogens (tertiary/aromatic N) is 2. The largest absolute Gasteiger partial charge is 0.354 e. The van der Waals surface area contributed by atoms with Crippen molar-refractivity contribution in [3.63, 3.8) is 0 Å². The Morgan fingerprint density at radius 1 is 1.53 bits per heavy atom. The van der Waals surface area contributed by atoms with Crippen LogP contribution in [0.15, 0.2) is 11.2 Å². The summed E-state index contributed by atoms with van der Waals surface area (Å²) in [5, 5.41) is 7.58. The van der Waals surface area contributed by atoms with Crippen LogP contribution in [0.4, 0.5) is 0 Å². The van der Waals surface area contributed by atoms with Crippen LogP contribution in [0.2, 0.25) is 0 Å². The summed E-state index contributed by atoms with van der Waals surface area (Å²) >= 11 is 1.75. The highest BCUT2D eigenvalue weighted by atomic mass is 127. The lowest BCUT2D eigenvalue weighted by molar-refractivity contribution is 0.698. The summed E-state index contributed by atoms with van der Waals surface area (Å²) in [6.45, 7) is 7.05. The quantitative estimate of drug-likeness (QED) is 0.488. The van der Waals surface area contributed by atoms with Gasteiger partial charge in [0.05, 0.1) is 6.54 Å². The fourth-order valence-corrected chi connectivity index (χ4v) is 2.02. The van der Waals surface area contributed by atoms with Gasteiger partial charge in [-0.15, -0.1) is 35.3 Å². The van der Waals surface area contributed by atoms with Crippen molar-refractivity contribution in [3.05, 3.63) is 16.1 Å². The Balaban J connectivity index is 0.00000256. The van der Waals surface area contributed by atoms with Gasteiger partial charge in [0.2, 0.25) is 0 Å². The van der Waals surface area contributed by atoms with Gasteiger partial charge >= 0.3 is 0 Å². The number of thiazole rings is 1. The number of aromatic nitrogens is 1. The van der Waals surface area contributed by atoms with Crippen molar-refractivity contribution in [1.29, 1.82) is 0 Å². The topological polar surface area (TPSA) is 49.3 Å². The molecule has 17 heavy (non-hydrogen) atoms. The second-order valence-electron chi connectivity index (χ2n) is 3.80. The molecule has 0 spiro atoms. The van der Waals surface area contributed by atoms with Gasteiger partial charge in [0.25, 0.3) is 0 Å². The number of nitrogens with one attached hydrogen (secondary N) is 2. The molecule has 0 unspecified atom stereocenters. The first-order chi connectivity index (χ1) is 7.65. The van der Waals surface area contributed by atoms with Crippen LogP contribution in [0, 0.1) is 0 Å². The predicted molar refractivity (Wildman–Crippen MR) is 85.4 cm³/mol. The Hall–Kier alpha value is -0.370. The Kier molecular flexibility index (Phi) is 8.49. The molecule has 1 aromatic rings. The molecule has 0 saturated heterocycles. The zero-order chi connectivity index (χ0) is 12.0. The Bertz CT molecular complexity index is 349. The van der Waals surface area contributed by atoms with E-state index in [0.717, 1.165) is 23.9 Å². The number of hydrogen-bond acceptors (Lipinski definition) is 3. The van der Waals surface area contributed by atoms with E-state index in [0.29, 0.717) is 6.04 Å². The first-order valence-corrected chi connectivity index (χ1v) is 6.38. The molecule has 0 saturated carbocycles. The normalized spacial score (nSPS) is 11.2. The Labute approximate surface area is 124 Å². The minimum atomic E-state index is 0. The third-order valence-corrected chi connectivity index (χ3v) is 3.15. The van der Waals surface area contributed by atoms with Crippen LogP contribution in [0.5, 0.6) is 0 Å². The summed E-state index contributed by atoms with van der Waals surface area (Å²) in [6.07, 6.45) is 3.00. The summed E-state index contributed by atoms with van der Waals surface area (Å²) < 4.78 is 0. The average Bonchev–Trinajstić information content (AvgIpc) is 2.71. The molecule has 0 bridgehead atoms. The van der Waals surface area contributed by atoms with Crippen LogP contribution >= 0.6 is 35.3 Å². The second-order valence-corrected chi connectivity index (χ2v) is 5.00. The van der Waals surface area contributed by atoms with Crippen molar-refractivity contribution in [3.8, 4) is 0 Å². The zero-order valence-electron chi connectivity index (χ0n) is 10.8. The van der Waals surface area contributed by atoms with Crippen LogP contribution in [0.25, 0.3) is 0 Å². The molecule has 0 fully saturated rings. The van der Waals surface area contributed by atoms with Gasteiger partial charge in [-0.2, -0.15) is 0 Å². The number of guanidine groups is 1. The number of aryl methyl sites for hydroxylation is 1. The first-order valence-electron chi connectivity index (χ1n) is 5.56. The average molecular weight is 368 g/mol. The molecule has 0 amide bonds. The van der Waals surface area contributed by atoms with Crippen LogP contribution in [0.1, 0.15) is 30.7 Å². The highest BCUT2D eigenvalue weighted by Crippen LogP contribution is 2.12. The molecule has 98 valence electrons. The van der Waals surface area contributed by atoms with E-state index in [9.17, 15) is 0 Å². The van der Waals surface area contributed by atoms with E-state index in [1.165, 1.54) is 4.88 Å². The van der Waals surface area contributed by atoms with Gasteiger partial charge in [-0.1, -0.05) is 6.92 Å². The molecule has 0 aliphatic rings. The summed E-state index contributed by atoms with van der Waals surface area (Å²) in [7, 11) is 1.77. The van der Waals surface area contributed by atoms with E-state index in [4.69, 9.17) is 0 Å².